The predicted molar refractivity (Wildman–Crippen MR) is 310 cm³/mol. The van der Waals surface area contributed by atoms with E-state index in [-0.39, 0.29) is 18.5 Å². The number of hydrogen-bond donors (Lipinski definition) is 3. The fraction of sp³-hybridized carbons (Fsp3) is 0.938. The molecule has 6 heteroatoms. The molecule has 1 amide bonds. The Bertz CT molecular complexity index is 1060. The number of nitrogens with one attached hydrogen (secondary N) is 1. The van der Waals surface area contributed by atoms with Crippen LogP contribution in [-0.4, -0.2) is 47.4 Å². The first-order valence-electron chi connectivity index (χ1n) is 32.4. The van der Waals surface area contributed by atoms with Crippen molar-refractivity contribution in [3.05, 3.63) is 12.2 Å². The summed E-state index contributed by atoms with van der Waals surface area (Å²) in [4.78, 5) is 24.6. The van der Waals surface area contributed by atoms with E-state index in [9.17, 15) is 19.8 Å². The zero-order valence-electron chi connectivity index (χ0n) is 48.2. The second kappa shape index (κ2) is 61.1. The van der Waals surface area contributed by atoms with Crippen molar-refractivity contribution in [2.75, 3.05) is 13.2 Å². The van der Waals surface area contributed by atoms with Gasteiger partial charge in [-0.2, -0.15) is 0 Å². The van der Waals surface area contributed by atoms with Crippen LogP contribution in [0.15, 0.2) is 12.2 Å². The molecule has 0 spiro atoms. The van der Waals surface area contributed by atoms with Crippen LogP contribution in [0, 0.1) is 0 Å². The number of ether oxygens (including phenoxy) is 1. The van der Waals surface area contributed by atoms with E-state index >= 15 is 0 Å². The van der Waals surface area contributed by atoms with E-state index in [0.717, 1.165) is 44.9 Å². The zero-order chi connectivity index (χ0) is 51.4. The summed E-state index contributed by atoms with van der Waals surface area (Å²) in [5.41, 5.74) is 0. The molecule has 0 aromatic rings. The van der Waals surface area contributed by atoms with Gasteiger partial charge in [0.1, 0.15) is 0 Å². The van der Waals surface area contributed by atoms with Gasteiger partial charge in [0.05, 0.1) is 25.4 Å². The van der Waals surface area contributed by atoms with Crippen LogP contribution in [0.3, 0.4) is 0 Å². The first-order valence-corrected chi connectivity index (χ1v) is 32.4. The summed E-state index contributed by atoms with van der Waals surface area (Å²) in [7, 11) is 0. The lowest BCUT2D eigenvalue weighted by Gasteiger charge is -2.22. The fourth-order valence-electron chi connectivity index (χ4n) is 10.3. The smallest absolute Gasteiger partial charge is 0.305 e. The number of rotatable bonds is 61. The third kappa shape index (κ3) is 57.7. The minimum Gasteiger partial charge on any atom is -0.466 e. The maximum absolute atomic E-state index is 12.5. The van der Waals surface area contributed by atoms with E-state index in [1.54, 1.807) is 0 Å². The molecule has 0 saturated carbocycles. The molecule has 422 valence electrons. The maximum Gasteiger partial charge on any atom is 0.305 e. The molecular formula is C65H127NO5. The van der Waals surface area contributed by atoms with E-state index in [2.05, 4.69) is 31.3 Å². The summed E-state index contributed by atoms with van der Waals surface area (Å²) in [5, 5.41) is 23.3. The van der Waals surface area contributed by atoms with Gasteiger partial charge in [-0.05, 0) is 51.4 Å². The van der Waals surface area contributed by atoms with Crippen molar-refractivity contribution in [2.24, 2.45) is 0 Å². The predicted octanol–water partition coefficient (Wildman–Crippen LogP) is 20.4. The topological polar surface area (TPSA) is 95.9 Å². The van der Waals surface area contributed by atoms with Crippen molar-refractivity contribution in [1.82, 2.24) is 5.32 Å². The second-order valence-electron chi connectivity index (χ2n) is 22.5. The number of aliphatic hydroxyl groups is 2. The average Bonchev–Trinajstić information content (AvgIpc) is 3.37. The van der Waals surface area contributed by atoms with Crippen molar-refractivity contribution in [3.8, 4) is 0 Å². The lowest BCUT2D eigenvalue weighted by Crippen LogP contribution is -2.45. The molecule has 6 nitrogen and oxygen atoms in total. The molecule has 71 heavy (non-hydrogen) atoms. The lowest BCUT2D eigenvalue weighted by molar-refractivity contribution is -0.143. The minimum absolute atomic E-state index is 0.00788. The first kappa shape index (κ1) is 69.6. The quantitative estimate of drug-likeness (QED) is 0.0320. The number of carbonyl (C=O) groups is 2. The van der Waals surface area contributed by atoms with E-state index in [1.807, 2.05) is 0 Å². The van der Waals surface area contributed by atoms with Gasteiger partial charge >= 0.3 is 5.97 Å². The number of aliphatic hydroxyl groups excluding tert-OH is 2. The molecule has 0 aliphatic heterocycles. The van der Waals surface area contributed by atoms with Gasteiger partial charge in [-0.3, -0.25) is 9.59 Å². The molecule has 2 unspecified atom stereocenters. The zero-order valence-corrected chi connectivity index (χ0v) is 48.2. The van der Waals surface area contributed by atoms with Gasteiger partial charge in [-0.1, -0.05) is 315 Å². The lowest BCUT2D eigenvalue weighted by atomic mass is 10.0. The molecule has 0 aromatic heterocycles. The highest BCUT2D eigenvalue weighted by Crippen LogP contribution is 2.18. The Kier molecular flexibility index (Phi) is 59.9. The summed E-state index contributed by atoms with van der Waals surface area (Å²) in [6.45, 7) is 4.97. The van der Waals surface area contributed by atoms with Crippen LogP contribution in [0.25, 0.3) is 0 Å². The molecule has 0 heterocycles. The molecule has 2 atom stereocenters. The Balaban J connectivity index is 3.36. The average molecular weight is 1000 g/mol. The van der Waals surface area contributed by atoms with Crippen LogP contribution in [0.5, 0.6) is 0 Å². The molecular weight excluding hydrogens is 875 g/mol. The Labute approximate surface area is 444 Å². The number of hydrogen-bond acceptors (Lipinski definition) is 5. The van der Waals surface area contributed by atoms with Crippen LogP contribution in [0.2, 0.25) is 0 Å². The van der Waals surface area contributed by atoms with Crippen molar-refractivity contribution in [1.29, 1.82) is 0 Å². The normalized spacial score (nSPS) is 12.6. The van der Waals surface area contributed by atoms with Crippen LogP contribution < -0.4 is 5.32 Å². The second-order valence-corrected chi connectivity index (χ2v) is 22.5. The van der Waals surface area contributed by atoms with Crippen LogP contribution in [0.4, 0.5) is 0 Å². The number of amides is 1. The molecule has 0 bridgehead atoms. The summed E-state index contributed by atoms with van der Waals surface area (Å²) in [6, 6.07) is -0.540. The minimum atomic E-state index is -0.663. The van der Waals surface area contributed by atoms with E-state index in [1.165, 1.54) is 289 Å². The van der Waals surface area contributed by atoms with Gasteiger partial charge < -0.3 is 20.3 Å². The summed E-state index contributed by atoms with van der Waals surface area (Å²) in [6.07, 6.45) is 73.7. The van der Waals surface area contributed by atoms with Crippen molar-refractivity contribution in [2.45, 2.75) is 379 Å². The number of carbonyl (C=O) groups excluding carboxylic acids is 2. The van der Waals surface area contributed by atoms with Crippen LogP contribution in [0.1, 0.15) is 367 Å². The Hall–Kier alpha value is -1.40. The molecule has 0 aliphatic rings. The maximum atomic E-state index is 12.5. The third-order valence-electron chi connectivity index (χ3n) is 15.3. The number of allylic oxidation sites excluding steroid dienone is 2. The van der Waals surface area contributed by atoms with E-state index < -0.39 is 12.1 Å². The van der Waals surface area contributed by atoms with Crippen molar-refractivity contribution < 1.29 is 24.5 Å². The summed E-state index contributed by atoms with van der Waals surface area (Å²) in [5.74, 6) is -0.0239. The third-order valence-corrected chi connectivity index (χ3v) is 15.3. The van der Waals surface area contributed by atoms with Gasteiger partial charge in [0, 0.05) is 12.8 Å². The molecule has 3 N–H and O–H groups in total. The van der Waals surface area contributed by atoms with Gasteiger partial charge in [-0.15, -0.1) is 0 Å². The molecule has 0 radical (unpaired) electrons. The standard InChI is InChI=1S/C65H127NO5/c1-3-5-7-9-11-13-15-17-19-31-35-39-43-47-51-55-59-65(70)71-60-56-52-48-44-40-36-32-28-26-24-22-20-21-23-25-27-30-34-38-42-46-50-54-58-64(69)66-62(61-67)63(68)57-53-49-45-41-37-33-29-18-16-14-12-10-8-6-4-2/h19,31,62-63,67-68H,3-18,20-30,32-61H2,1-2H3,(H,66,69)/b31-19-. The molecule has 0 rings (SSSR count). The monoisotopic (exact) mass is 1000 g/mol. The molecule has 0 aliphatic carbocycles. The molecule has 0 saturated heterocycles. The molecule has 0 aromatic carbocycles. The largest absolute Gasteiger partial charge is 0.466 e. The Morgan fingerprint density at radius 3 is 1.00 bits per heavy atom. The SMILES string of the molecule is CCCCCCCCC/C=C\CCCCCCCC(=O)OCCCCCCCCCCCCCCCCCCCCCCCCCC(=O)NC(CO)C(O)CCCCCCCCCCCCCCCCC. The highest BCUT2D eigenvalue weighted by Gasteiger charge is 2.20. The first-order chi connectivity index (χ1) is 35.0. The molecule has 0 fully saturated rings. The van der Waals surface area contributed by atoms with Crippen LogP contribution >= 0.6 is 0 Å². The van der Waals surface area contributed by atoms with Gasteiger partial charge in [0.2, 0.25) is 5.91 Å². The number of esters is 1. The van der Waals surface area contributed by atoms with Gasteiger partial charge in [0.15, 0.2) is 0 Å². The Morgan fingerprint density at radius 2 is 0.662 bits per heavy atom. The van der Waals surface area contributed by atoms with Crippen molar-refractivity contribution in [3.63, 3.8) is 0 Å². The van der Waals surface area contributed by atoms with Crippen LogP contribution in [-0.2, 0) is 14.3 Å². The highest BCUT2D eigenvalue weighted by atomic mass is 16.5. The van der Waals surface area contributed by atoms with Crippen molar-refractivity contribution >= 4 is 11.9 Å². The Morgan fingerprint density at radius 1 is 0.380 bits per heavy atom. The highest BCUT2D eigenvalue weighted by molar-refractivity contribution is 5.76. The van der Waals surface area contributed by atoms with E-state index in [4.69, 9.17) is 4.74 Å². The summed E-state index contributed by atoms with van der Waals surface area (Å²) >= 11 is 0. The number of unbranched alkanes of at least 4 members (excludes halogenated alkanes) is 48. The summed E-state index contributed by atoms with van der Waals surface area (Å²) < 4.78 is 5.49. The van der Waals surface area contributed by atoms with E-state index in [0.29, 0.717) is 25.9 Å². The fourth-order valence-corrected chi connectivity index (χ4v) is 10.3. The van der Waals surface area contributed by atoms with Gasteiger partial charge in [-0.25, -0.2) is 0 Å². The van der Waals surface area contributed by atoms with Gasteiger partial charge in [0.25, 0.3) is 0 Å².